The summed E-state index contributed by atoms with van der Waals surface area (Å²) in [5, 5.41) is 1.00. The molecule has 2 fully saturated rings. The van der Waals surface area contributed by atoms with Crippen LogP contribution in [0.15, 0.2) is 42.5 Å². The Morgan fingerprint density at radius 3 is 2.38 bits per heavy atom. The number of nitrogens with zero attached hydrogens (tertiary/aromatic N) is 2. The van der Waals surface area contributed by atoms with E-state index in [2.05, 4.69) is 32.4 Å². The number of benzene rings is 2. The molecule has 0 atom stereocenters. The number of nitrogens with two attached hydrogens (primary N) is 1. The largest absolute Gasteiger partial charge is 0.443 e. The molecule has 2 heterocycles. The summed E-state index contributed by atoms with van der Waals surface area (Å²) in [5.41, 5.74) is 11.0. The first-order valence-electron chi connectivity index (χ1n) is 12.4. The molecule has 1 amide bonds. The smallest absolute Gasteiger partial charge is 0.422 e. The number of nitrogen functional groups attached to an aromatic ring is 1. The number of hydrogen-bond acceptors (Lipinski definition) is 7. The van der Waals surface area contributed by atoms with E-state index in [1.54, 1.807) is 32.9 Å². The summed E-state index contributed by atoms with van der Waals surface area (Å²) in [7, 11) is -4.16. The number of fused-ring (bicyclic) bond motifs is 1. The molecule has 0 bridgehead atoms. The summed E-state index contributed by atoms with van der Waals surface area (Å²) >= 11 is 0. The number of carbonyl (C=O) groups is 1. The van der Waals surface area contributed by atoms with Gasteiger partial charge in [0.05, 0.1) is 35.8 Å². The summed E-state index contributed by atoms with van der Waals surface area (Å²) < 4.78 is 41.8. The Balaban J connectivity index is 1.42. The van der Waals surface area contributed by atoms with E-state index < -0.39 is 21.9 Å². The lowest BCUT2D eigenvalue weighted by Gasteiger charge is -2.29. The van der Waals surface area contributed by atoms with Crippen molar-refractivity contribution in [2.45, 2.75) is 45.3 Å². The maximum absolute atomic E-state index is 12.4. The Hall–Kier alpha value is -3.44. The van der Waals surface area contributed by atoms with Crippen molar-refractivity contribution in [3.8, 4) is 11.3 Å². The number of amides is 1. The van der Waals surface area contributed by atoms with Crippen molar-refractivity contribution >= 4 is 44.3 Å². The van der Waals surface area contributed by atoms with Gasteiger partial charge in [-0.3, -0.25) is 4.72 Å². The molecule has 37 heavy (non-hydrogen) atoms. The van der Waals surface area contributed by atoms with Gasteiger partial charge in [0.1, 0.15) is 5.60 Å². The van der Waals surface area contributed by atoms with Crippen molar-refractivity contribution in [3.05, 3.63) is 42.5 Å². The monoisotopic (exact) mass is 527 g/mol. The van der Waals surface area contributed by atoms with Crippen LogP contribution >= 0.6 is 0 Å². The second-order valence-corrected chi connectivity index (χ2v) is 11.9. The minimum absolute atomic E-state index is 0.307. The number of ether oxygens (including phenoxy) is 2. The van der Waals surface area contributed by atoms with Crippen molar-refractivity contribution in [1.29, 1.82) is 0 Å². The molecule has 0 unspecified atom stereocenters. The molecule has 198 valence electrons. The molecule has 1 aliphatic heterocycles. The molecule has 2 aromatic carbocycles. The van der Waals surface area contributed by atoms with E-state index in [4.69, 9.17) is 15.2 Å². The van der Waals surface area contributed by atoms with E-state index in [0.29, 0.717) is 17.4 Å². The van der Waals surface area contributed by atoms with E-state index in [9.17, 15) is 13.2 Å². The molecule has 0 radical (unpaired) electrons. The highest BCUT2D eigenvalue weighted by atomic mass is 32.2. The van der Waals surface area contributed by atoms with E-state index >= 15 is 0 Å². The number of carbonyl (C=O) groups excluding carboxylic acids is 1. The molecule has 1 saturated carbocycles. The standard InChI is InChI=1S/C26H33N5O5S/c1-26(2,3)36-25(32)29-37(33,34)28-18-6-4-17(5-7-18)24-23(27)21-11-10-20(30-12-14-35-15-13-30)16-22(21)31(24)19-8-9-19/h4-7,10-11,16,19,28H,8-9,12-15,27H2,1-3H3,(H,29,32). The first-order valence-corrected chi connectivity index (χ1v) is 13.9. The van der Waals surface area contributed by atoms with E-state index in [1.807, 2.05) is 16.9 Å². The predicted octanol–water partition coefficient (Wildman–Crippen LogP) is 4.24. The lowest BCUT2D eigenvalue weighted by molar-refractivity contribution is 0.0570. The van der Waals surface area contributed by atoms with Gasteiger partial charge in [0.25, 0.3) is 0 Å². The third-order valence-corrected chi connectivity index (χ3v) is 7.28. The summed E-state index contributed by atoms with van der Waals surface area (Å²) in [5.74, 6) is 0. The SMILES string of the molecule is CC(C)(C)OC(=O)NS(=O)(=O)Nc1ccc(-c2c(N)c3ccc(N4CCOCC4)cc3n2C2CC2)cc1. The minimum Gasteiger partial charge on any atom is -0.443 e. The van der Waals surface area contributed by atoms with Gasteiger partial charge in [-0.25, -0.2) is 9.52 Å². The topological polar surface area (TPSA) is 128 Å². The van der Waals surface area contributed by atoms with Crippen LogP contribution < -0.4 is 20.1 Å². The van der Waals surface area contributed by atoms with Crippen molar-refractivity contribution in [1.82, 2.24) is 9.29 Å². The molecule has 4 N–H and O–H groups in total. The van der Waals surface area contributed by atoms with Crippen LogP contribution in [-0.2, 0) is 19.7 Å². The molecule has 1 saturated heterocycles. The first kappa shape index (κ1) is 25.2. The van der Waals surface area contributed by atoms with Gasteiger partial charge in [-0.05, 0) is 63.9 Å². The van der Waals surface area contributed by atoms with Crippen LogP contribution in [0.4, 0.5) is 21.9 Å². The lowest BCUT2D eigenvalue weighted by atomic mass is 10.1. The second-order valence-electron chi connectivity index (χ2n) is 10.5. The number of morpholine rings is 1. The highest BCUT2D eigenvalue weighted by Crippen LogP contribution is 2.47. The summed E-state index contributed by atoms with van der Waals surface area (Å²) in [6.07, 6.45) is 1.13. The van der Waals surface area contributed by atoms with Crippen molar-refractivity contribution < 1.29 is 22.7 Å². The maximum atomic E-state index is 12.4. The number of hydrogen-bond donors (Lipinski definition) is 3. The Bertz CT molecular complexity index is 1420. The zero-order valence-corrected chi connectivity index (χ0v) is 22.1. The fraction of sp³-hybridized carbons (Fsp3) is 0.423. The van der Waals surface area contributed by atoms with Crippen molar-refractivity contribution in [2.75, 3.05) is 41.7 Å². The molecule has 1 aliphatic carbocycles. The average molecular weight is 528 g/mol. The van der Waals surface area contributed by atoms with Crippen molar-refractivity contribution in [2.24, 2.45) is 0 Å². The van der Waals surface area contributed by atoms with E-state index in [0.717, 1.165) is 67.0 Å². The van der Waals surface area contributed by atoms with Crippen LogP contribution in [0.3, 0.4) is 0 Å². The Kier molecular flexibility index (Phi) is 6.45. The molecular weight excluding hydrogens is 494 g/mol. The van der Waals surface area contributed by atoms with Gasteiger partial charge in [-0.1, -0.05) is 12.1 Å². The summed E-state index contributed by atoms with van der Waals surface area (Å²) in [4.78, 5) is 14.2. The number of rotatable bonds is 6. The molecular formula is C26H33N5O5S. The minimum atomic E-state index is -4.16. The molecule has 0 spiro atoms. The van der Waals surface area contributed by atoms with Gasteiger partial charge in [0, 0.05) is 35.8 Å². The normalized spacial score (nSPS) is 16.6. The highest BCUT2D eigenvalue weighted by Gasteiger charge is 2.30. The Morgan fingerprint density at radius 1 is 1.08 bits per heavy atom. The fourth-order valence-corrected chi connectivity index (χ4v) is 5.39. The van der Waals surface area contributed by atoms with Gasteiger partial charge < -0.3 is 24.7 Å². The van der Waals surface area contributed by atoms with Crippen LogP contribution in [0.2, 0.25) is 0 Å². The maximum Gasteiger partial charge on any atom is 0.422 e. The second kappa shape index (κ2) is 9.46. The highest BCUT2D eigenvalue weighted by molar-refractivity contribution is 7.91. The third kappa shape index (κ3) is 5.62. The average Bonchev–Trinajstić information content (AvgIpc) is 3.62. The first-order chi connectivity index (χ1) is 17.5. The van der Waals surface area contributed by atoms with Gasteiger partial charge in [-0.15, -0.1) is 0 Å². The van der Waals surface area contributed by atoms with Gasteiger partial charge in [0.2, 0.25) is 0 Å². The number of nitrogens with one attached hydrogen (secondary N) is 2. The fourth-order valence-electron chi connectivity index (χ4n) is 4.64. The van der Waals surface area contributed by atoms with Crippen LogP contribution in [0.25, 0.3) is 22.2 Å². The zero-order chi connectivity index (χ0) is 26.4. The number of aromatic nitrogens is 1. The molecule has 1 aromatic heterocycles. The predicted molar refractivity (Wildman–Crippen MR) is 145 cm³/mol. The van der Waals surface area contributed by atoms with Crippen molar-refractivity contribution in [3.63, 3.8) is 0 Å². The summed E-state index contributed by atoms with van der Waals surface area (Å²) in [6, 6.07) is 13.8. The molecule has 3 aromatic rings. The van der Waals surface area contributed by atoms with Crippen LogP contribution in [0, 0.1) is 0 Å². The third-order valence-electron chi connectivity index (χ3n) is 6.34. The Labute approximate surface area is 216 Å². The van der Waals surface area contributed by atoms with Gasteiger partial charge in [0.15, 0.2) is 0 Å². The molecule has 5 rings (SSSR count). The zero-order valence-electron chi connectivity index (χ0n) is 21.3. The van der Waals surface area contributed by atoms with E-state index in [-0.39, 0.29) is 0 Å². The quantitative estimate of drug-likeness (QED) is 0.437. The van der Waals surface area contributed by atoms with Gasteiger partial charge in [-0.2, -0.15) is 8.42 Å². The van der Waals surface area contributed by atoms with Crippen LogP contribution in [-0.4, -0.2) is 51.0 Å². The van der Waals surface area contributed by atoms with Crippen LogP contribution in [0.5, 0.6) is 0 Å². The lowest BCUT2D eigenvalue weighted by Crippen LogP contribution is -2.39. The van der Waals surface area contributed by atoms with Gasteiger partial charge >= 0.3 is 16.3 Å². The molecule has 2 aliphatic rings. The molecule has 10 nitrogen and oxygen atoms in total. The molecule has 11 heteroatoms. The van der Waals surface area contributed by atoms with Crippen LogP contribution in [0.1, 0.15) is 39.7 Å². The van der Waals surface area contributed by atoms with E-state index in [1.165, 1.54) is 0 Å². The summed E-state index contributed by atoms with van der Waals surface area (Å²) in [6.45, 7) is 8.12. The number of anilines is 3. The Morgan fingerprint density at radius 2 is 1.76 bits per heavy atom.